The number of hydrogen-bond donors (Lipinski definition) is 3. The molecule has 3 heteroatoms. The van der Waals surface area contributed by atoms with Crippen LogP contribution in [0.3, 0.4) is 0 Å². The Balaban J connectivity index is 3.80. The highest BCUT2D eigenvalue weighted by Crippen LogP contribution is 2.08. The highest BCUT2D eigenvalue weighted by molar-refractivity contribution is 4.82. The van der Waals surface area contributed by atoms with Crippen molar-refractivity contribution in [1.82, 2.24) is 5.32 Å². The SMILES string of the molecule is CC(NCC(C)(C)O)C(C)(C)O. The van der Waals surface area contributed by atoms with Gasteiger partial charge in [-0.2, -0.15) is 0 Å². The average molecular weight is 175 g/mol. The molecule has 0 spiro atoms. The smallest absolute Gasteiger partial charge is 0.0741 e. The van der Waals surface area contributed by atoms with E-state index in [9.17, 15) is 10.2 Å². The van der Waals surface area contributed by atoms with E-state index >= 15 is 0 Å². The van der Waals surface area contributed by atoms with Crippen molar-refractivity contribution in [3.05, 3.63) is 0 Å². The van der Waals surface area contributed by atoms with Gasteiger partial charge in [0, 0.05) is 12.6 Å². The summed E-state index contributed by atoms with van der Waals surface area (Å²) < 4.78 is 0. The maximum atomic E-state index is 9.54. The van der Waals surface area contributed by atoms with Gasteiger partial charge in [-0.1, -0.05) is 0 Å². The summed E-state index contributed by atoms with van der Waals surface area (Å²) in [6.07, 6.45) is 0. The lowest BCUT2D eigenvalue weighted by Gasteiger charge is -2.29. The lowest BCUT2D eigenvalue weighted by molar-refractivity contribution is 0.0257. The zero-order valence-corrected chi connectivity index (χ0v) is 8.68. The van der Waals surface area contributed by atoms with Crippen molar-refractivity contribution >= 4 is 0 Å². The monoisotopic (exact) mass is 175 g/mol. The Hall–Kier alpha value is -0.120. The Kier molecular flexibility index (Phi) is 3.69. The van der Waals surface area contributed by atoms with Gasteiger partial charge in [-0.15, -0.1) is 0 Å². The fourth-order valence-corrected chi connectivity index (χ4v) is 0.653. The molecule has 1 atom stereocenters. The molecule has 0 radical (unpaired) electrons. The standard InChI is InChI=1S/C9H21NO2/c1-7(9(4,5)12)10-6-8(2,3)11/h7,10-12H,6H2,1-5H3. The van der Waals surface area contributed by atoms with Crippen LogP contribution in [0.4, 0.5) is 0 Å². The fourth-order valence-electron chi connectivity index (χ4n) is 0.653. The molecule has 0 amide bonds. The zero-order valence-electron chi connectivity index (χ0n) is 8.68. The molecule has 0 aliphatic rings. The molecule has 0 bridgehead atoms. The van der Waals surface area contributed by atoms with Crippen molar-refractivity contribution in [2.45, 2.75) is 51.9 Å². The summed E-state index contributed by atoms with van der Waals surface area (Å²) in [7, 11) is 0. The van der Waals surface area contributed by atoms with Gasteiger partial charge in [0.2, 0.25) is 0 Å². The first-order valence-electron chi connectivity index (χ1n) is 4.31. The molecule has 3 N–H and O–H groups in total. The quantitative estimate of drug-likeness (QED) is 0.583. The van der Waals surface area contributed by atoms with E-state index in [0.29, 0.717) is 6.54 Å². The summed E-state index contributed by atoms with van der Waals surface area (Å²) >= 11 is 0. The third-order valence-electron chi connectivity index (χ3n) is 1.90. The summed E-state index contributed by atoms with van der Waals surface area (Å²) in [6.45, 7) is 9.34. The van der Waals surface area contributed by atoms with Crippen molar-refractivity contribution < 1.29 is 10.2 Å². The second kappa shape index (κ2) is 3.73. The molecule has 0 aromatic heterocycles. The molecular formula is C9H21NO2. The van der Waals surface area contributed by atoms with Gasteiger partial charge in [-0.3, -0.25) is 0 Å². The van der Waals surface area contributed by atoms with Crippen molar-refractivity contribution in [1.29, 1.82) is 0 Å². The zero-order chi connectivity index (χ0) is 9.99. The van der Waals surface area contributed by atoms with Gasteiger partial charge >= 0.3 is 0 Å². The van der Waals surface area contributed by atoms with Gasteiger partial charge in [0.1, 0.15) is 0 Å². The van der Waals surface area contributed by atoms with Crippen molar-refractivity contribution in [2.24, 2.45) is 0 Å². The van der Waals surface area contributed by atoms with E-state index in [1.807, 2.05) is 6.92 Å². The van der Waals surface area contributed by atoms with E-state index in [4.69, 9.17) is 0 Å². The van der Waals surface area contributed by atoms with Crippen LogP contribution in [0.5, 0.6) is 0 Å². The predicted octanol–water partition coefficient (Wildman–Crippen LogP) is 0.506. The normalized spacial score (nSPS) is 16.2. The van der Waals surface area contributed by atoms with Crippen LogP contribution < -0.4 is 5.32 Å². The number of rotatable bonds is 4. The molecule has 0 aliphatic carbocycles. The number of hydrogen-bond acceptors (Lipinski definition) is 3. The van der Waals surface area contributed by atoms with E-state index < -0.39 is 11.2 Å². The van der Waals surface area contributed by atoms with Crippen LogP contribution in [-0.4, -0.2) is 34.0 Å². The van der Waals surface area contributed by atoms with E-state index in [0.717, 1.165) is 0 Å². The van der Waals surface area contributed by atoms with Crippen LogP contribution in [-0.2, 0) is 0 Å². The first-order chi connectivity index (χ1) is 5.13. The third kappa shape index (κ3) is 5.52. The first kappa shape index (κ1) is 11.9. The molecule has 0 saturated heterocycles. The molecular weight excluding hydrogens is 154 g/mol. The number of nitrogens with one attached hydrogen (secondary N) is 1. The molecule has 0 saturated carbocycles. The molecule has 0 heterocycles. The molecule has 0 aliphatic heterocycles. The topological polar surface area (TPSA) is 52.5 Å². The van der Waals surface area contributed by atoms with Crippen LogP contribution in [0.25, 0.3) is 0 Å². The lowest BCUT2D eigenvalue weighted by Crippen LogP contribution is -2.49. The summed E-state index contributed by atoms with van der Waals surface area (Å²) in [4.78, 5) is 0. The highest BCUT2D eigenvalue weighted by atomic mass is 16.3. The Bertz CT molecular complexity index is 132. The summed E-state index contributed by atoms with van der Waals surface area (Å²) in [5, 5.41) is 22.0. The lowest BCUT2D eigenvalue weighted by atomic mass is 10.00. The third-order valence-corrected chi connectivity index (χ3v) is 1.90. The van der Waals surface area contributed by atoms with Gasteiger partial charge < -0.3 is 15.5 Å². The maximum absolute atomic E-state index is 9.54. The Morgan fingerprint density at radius 2 is 1.58 bits per heavy atom. The van der Waals surface area contributed by atoms with Crippen LogP contribution in [0.1, 0.15) is 34.6 Å². The Morgan fingerprint density at radius 3 is 1.83 bits per heavy atom. The van der Waals surface area contributed by atoms with Gasteiger partial charge in [-0.05, 0) is 34.6 Å². The molecule has 0 rings (SSSR count). The van der Waals surface area contributed by atoms with Gasteiger partial charge in [0.05, 0.1) is 11.2 Å². The van der Waals surface area contributed by atoms with E-state index in [1.165, 1.54) is 0 Å². The Labute approximate surface area is 74.8 Å². The fraction of sp³-hybridized carbons (Fsp3) is 1.00. The molecule has 74 valence electrons. The maximum Gasteiger partial charge on any atom is 0.0741 e. The van der Waals surface area contributed by atoms with Gasteiger partial charge in [0.25, 0.3) is 0 Å². The molecule has 0 aromatic rings. The Morgan fingerprint density at radius 1 is 1.17 bits per heavy atom. The molecule has 0 aromatic carbocycles. The van der Waals surface area contributed by atoms with Crippen molar-refractivity contribution in [2.75, 3.05) is 6.54 Å². The molecule has 1 unspecified atom stereocenters. The molecule has 0 fully saturated rings. The predicted molar refractivity (Wildman–Crippen MR) is 50.1 cm³/mol. The molecule has 12 heavy (non-hydrogen) atoms. The van der Waals surface area contributed by atoms with Crippen molar-refractivity contribution in [3.63, 3.8) is 0 Å². The second-order valence-corrected chi connectivity index (χ2v) is 4.57. The van der Waals surface area contributed by atoms with Crippen LogP contribution in [0, 0.1) is 0 Å². The minimum absolute atomic E-state index is 0.0241. The van der Waals surface area contributed by atoms with E-state index in [-0.39, 0.29) is 6.04 Å². The number of aliphatic hydroxyl groups is 2. The molecule has 3 nitrogen and oxygen atoms in total. The minimum atomic E-state index is -0.745. The van der Waals surface area contributed by atoms with Gasteiger partial charge in [0.15, 0.2) is 0 Å². The summed E-state index contributed by atoms with van der Waals surface area (Å²) in [6, 6.07) is -0.0241. The largest absolute Gasteiger partial charge is 0.389 e. The van der Waals surface area contributed by atoms with Crippen LogP contribution >= 0.6 is 0 Å². The summed E-state index contributed by atoms with van der Waals surface area (Å²) in [5.74, 6) is 0. The highest BCUT2D eigenvalue weighted by Gasteiger charge is 2.23. The van der Waals surface area contributed by atoms with E-state index in [2.05, 4.69) is 5.32 Å². The second-order valence-electron chi connectivity index (χ2n) is 4.57. The van der Waals surface area contributed by atoms with Crippen LogP contribution in [0.2, 0.25) is 0 Å². The van der Waals surface area contributed by atoms with Crippen LogP contribution in [0.15, 0.2) is 0 Å². The minimum Gasteiger partial charge on any atom is -0.389 e. The van der Waals surface area contributed by atoms with E-state index in [1.54, 1.807) is 27.7 Å². The first-order valence-corrected chi connectivity index (χ1v) is 4.31. The van der Waals surface area contributed by atoms with Crippen molar-refractivity contribution in [3.8, 4) is 0 Å². The summed E-state index contributed by atoms with van der Waals surface area (Å²) in [5.41, 5.74) is -1.47. The van der Waals surface area contributed by atoms with Gasteiger partial charge in [-0.25, -0.2) is 0 Å². The average Bonchev–Trinajstić information content (AvgIpc) is 1.78.